The van der Waals surface area contributed by atoms with E-state index in [9.17, 15) is 4.79 Å². The number of anilines is 1. The van der Waals surface area contributed by atoms with Gasteiger partial charge in [0, 0.05) is 24.0 Å². The average molecular weight is 404 g/mol. The molecule has 1 amide bonds. The molecule has 0 bridgehead atoms. The molecule has 0 atom stereocenters. The first-order chi connectivity index (χ1) is 14.0. The zero-order valence-corrected chi connectivity index (χ0v) is 17.4. The summed E-state index contributed by atoms with van der Waals surface area (Å²) in [6.07, 6.45) is 3.50. The lowest BCUT2D eigenvalue weighted by Crippen LogP contribution is -2.30. The summed E-state index contributed by atoms with van der Waals surface area (Å²) < 4.78 is 6.31. The van der Waals surface area contributed by atoms with Crippen LogP contribution in [0, 0.1) is 13.8 Å². The fourth-order valence-corrected chi connectivity index (χ4v) is 4.24. The van der Waals surface area contributed by atoms with Crippen LogP contribution in [0.1, 0.15) is 27.0 Å². The summed E-state index contributed by atoms with van der Waals surface area (Å²) in [4.78, 5) is 24.1. The number of carbonyl (C=O) groups is 1. The quantitative estimate of drug-likeness (QED) is 0.462. The first-order valence-electron chi connectivity index (χ1n) is 9.27. The van der Waals surface area contributed by atoms with Crippen molar-refractivity contribution in [3.05, 3.63) is 83.2 Å². The van der Waals surface area contributed by atoms with Gasteiger partial charge >= 0.3 is 0 Å². The molecular weight excluding hydrogens is 382 g/mol. The molecule has 4 rings (SSSR count). The SMILES string of the molecule is COc1ccc2sc(N(Cc3cccnc3)C(=O)c3cc(C)cc(C)c3)nc2c1. The van der Waals surface area contributed by atoms with Gasteiger partial charge in [-0.25, -0.2) is 4.98 Å². The molecule has 5 nitrogen and oxygen atoms in total. The normalized spacial score (nSPS) is 10.9. The zero-order chi connectivity index (χ0) is 20.4. The van der Waals surface area contributed by atoms with Gasteiger partial charge in [-0.05, 0) is 49.7 Å². The van der Waals surface area contributed by atoms with Gasteiger partial charge in [0.05, 0.1) is 23.9 Å². The molecule has 2 heterocycles. The highest BCUT2D eigenvalue weighted by molar-refractivity contribution is 7.22. The number of aryl methyl sites for hydroxylation is 2. The van der Waals surface area contributed by atoms with E-state index in [-0.39, 0.29) is 5.91 Å². The predicted octanol–water partition coefficient (Wildman–Crippen LogP) is 5.16. The van der Waals surface area contributed by atoms with Crippen molar-refractivity contribution >= 4 is 32.6 Å². The van der Waals surface area contributed by atoms with Crippen LogP contribution < -0.4 is 9.64 Å². The number of ether oxygens (including phenoxy) is 1. The first kappa shape index (κ1) is 19.1. The predicted molar refractivity (Wildman–Crippen MR) is 117 cm³/mol. The highest BCUT2D eigenvalue weighted by Crippen LogP contribution is 2.33. The summed E-state index contributed by atoms with van der Waals surface area (Å²) in [5.41, 5.74) is 4.53. The molecule has 29 heavy (non-hydrogen) atoms. The average Bonchev–Trinajstić information content (AvgIpc) is 3.14. The lowest BCUT2D eigenvalue weighted by atomic mass is 10.1. The Bertz CT molecular complexity index is 1150. The lowest BCUT2D eigenvalue weighted by Gasteiger charge is -2.20. The van der Waals surface area contributed by atoms with Crippen LogP contribution in [0.2, 0.25) is 0 Å². The van der Waals surface area contributed by atoms with Crippen molar-refractivity contribution in [3.8, 4) is 5.75 Å². The number of nitrogens with zero attached hydrogens (tertiary/aromatic N) is 3. The molecule has 0 N–H and O–H groups in total. The molecule has 0 fully saturated rings. The first-order valence-corrected chi connectivity index (χ1v) is 10.1. The summed E-state index contributed by atoms with van der Waals surface area (Å²) in [6, 6.07) is 15.5. The smallest absolute Gasteiger partial charge is 0.260 e. The molecule has 146 valence electrons. The Morgan fingerprint density at radius 2 is 1.90 bits per heavy atom. The Kier molecular flexibility index (Phi) is 5.27. The zero-order valence-electron chi connectivity index (χ0n) is 16.5. The molecule has 0 aliphatic carbocycles. The number of carbonyl (C=O) groups excluding carboxylic acids is 1. The fourth-order valence-electron chi connectivity index (χ4n) is 3.29. The van der Waals surface area contributed by atoms with Crippen molar-refractivity contribution in [2.24, 2.45) is 0 Å². The minimum atomic E-state index is -0.0772. The molecule has 4 aromatic rings. The van der Waals surface area contributed by atoms with Gasteiger partial charge < -0.3 is 4.74 Å². The molecule has 2 aromatic heterocycles. The van der Waals surface area contributed by atoms with Crippen LogP contribution in [0.3, 0.4) is 0 Å². The molecule has 0 saturated heterocycles. The molecule has 0 spiro atoms. The number of hydrogen-bond donors (Lipinski definition) is 0. The van der Waals surface area contributed by atoms with Crippen LogP contribution in [0.4, 0.5) is 5.13 Å². The molecule has 2 aromatic carbocycles. The number of fused-ring (bicyclic) bond motifs is 1. The minimum Gasteiger partial charge on any atom is -0.497 e. The fraction of sp³-hybridized carbons (Fsp3) is 0.174. The Labute approximate surface area is 173 Å². The number of thiazole rings is 1. The Morgan fingerprint density at radius 1 is 1.10 bits per heavy atom. The largest absolute Gasteiger partial charge is 0.497 e. The van der Waals surface area contributed by atoms with Crippen molar-refractivity contribution in [1.82, 2.24) is 9.97 Å². The lowest BCUT2D eigenvalue weighted by molar-refractivity contribution is 0.0985. The minimum absolute atomic E-state index is 0.0772. The van der Waals surface area contributed by atoms with Gasteiger partial charge in [0.2, 0.25) is 0 Å². The Morgan fingerprint density at radius 3 is 2.59 bits per heavy atom. The molecule has 6 heteroatoms. The van der Waals surface area contributed by atoms with Gasteiger partial charge in [0.15, 0.2) is 5.13 Å². The highest BCUT2D eigenvalue weighted by Gasteiger charge is 2.22. The third kappa shape index (κ3) is 4.12. The molecule has 0 saturated carbocycles. The van der Waals surface area contributed by atoms with Crippen molar-refractivity contribution < 1.29 is 9.53 Å². The van der Waals surface area contributed by atoms with Crippen molar-refractivity contribution in [2.45, 2.75) is 20.4 Å². The van der Waals surface area contributed by atoms with Crippen molar-refractivity contribution in [1.29, 1.82) is 0 Å². The number of amides is 1. The number of aromatic nitrogens is 2. The van der Waals surface area contributed by atoms with Crippen LogP contribution in [0.25, 0.3) is 10.2 Å². The van der Waals surface area contributed by atoms with E-state index < -0.39 is 0 Å². The van der Waals surface area contributed by atoms with Crippen LogP contribution in [-0.4, -0.2) is 23.0 Å². The van der Waals surface area contributed by atoms with E-state index in [2.05, 4.69) is 11.1 Å². The van der Waals surface area contributed by atoms with Gasteiger partial charge in [0.1, 0.15) is 5.75 Å². The Hall–Kier alpha value is -3.25. The van der Waals surface area contributed by atoms with Crippen LogP contribution in [0.5, 0.6) is 5.75 Å². The van der Waals surface area contributed by atoms with E-state index in [0.717, 1.165) is 32.7 Å². The number of methoxy groups -OCH3 is 1. The number of benzene rings is 2. The highest BCUT2D eigenvalue weighted by atomic mass is 32.1. The van der Waals surface area contributed by atoms with Gasteiger partial charge in [-0.15, -0.1) is 0 Å². The topological polar surface area (TPSA) is 55.3 Å². The van der Waals surface area contributed by atoms with Gasteiger partial charge in [-0.3, -0.25) is 14.7 Å². The summed E-state index contributed by atoms with van der Waals surface area (Å²) in [5, 5.41) is 0.654. The molecule has 0 aliphatic heterocycles. The number of pyridine rings is 1. The van der Waals surface area contributed by atoms with E-state index >= 15 is 0 Å². The molecular formula is C23H21N3O2S. The standard InChI is InChI=1S/C23H21N3O2S/c1-15-9-16(2)11-18(10-15)22(27)26(14-17-5-4-8-24-13-17)23-25-20-12-19(28-3)6-7-21(20)29-23/h4-13H,14H2,1-3H3. The summed E-state index contributed by atoms with van der Waals surface area (Å²) in [7, 11) is 1.63. The second-order valence-corrected chi connectivity index (χ2v) is 7.97. The maximum Gasteiger partial charge on any atom is 0.260 e. The second-order valence-electron chi connectivity index (χ2n) is 6.96. The molecule has 0 radical (unpaired) electrons. The third-order valence-corrected chi connectivity index (χ3v) is 5.65. The summed E-state index contributed by atoms with van der Waals surface area (Å²) >= 11 is 1.49. The van der Waals surface area contributed by atoms with Crippen LogP contribution in [-0.2, 0) is 6.54 Å². The third-order valence-electron chi connectivity index (χ3n) is 4.59. The van der Waals surface area contributed by atoms with Gasteiger partial charge in [-0.1, -0.05) is 34.6 Å². The van der Waals surface area contributed by atoms with Crippen LogP contribution in [0.15, 0.2) is 60.9 Å². The maximum absolute atomic E-state index is 13.5. The molecule has 0 aliphatic rings. The maximum atomic E-state index is 13.5. The number of rotatable bonds is 5. The monoisotopic (exact) mass is 403 g/mol. The van der Waals surface area contributed by atoms with Gasteiger partial charge in [-0.2, -0.15) is 0 Å². The van der Waals surface area contributed by atoms with E-state index in [1.54, 1.807) is 24.4 Å². The Balaban J connectivity index is 1.78. The van der Waals surface area contributed by atoms with E-state index in [4.69, 9.17) is 9.72 Å². The van der Waals surface area contributed by atoms with E-state index in [1.165, 1.54) is 11.3 Å². The molecule has 0 unspecified atom stereocenters. The van der Waals surface area contributed by atoms with E-state index in [1.807, 2.05) is 56.3 Å². The van der Waals surface area contributed by atoms with Crippen molar-refractivity contribution in [2.75, 3.05) is 12.0 Å². The number of hydrogen-bond acceptors (Lipinski definition) is 5. The van der Waals surface area contributed by atoms with E-state index in [0.29, 0.717) is 17.2 Å². The van der Waals surface area contributed by atoms with Gasteiger partial charge in [0.25, 0.3) is 5.91 Å². The summed E-state index contributed by atoms with van der Waals surface area (Å²) in [5.74, 6) is 0.667. The van der Waals surface area contributed by atoms with Crippen molar-refractivity contribution in [3.63, 3.8) is 0 Å². The second kappa shape index (κ2) is 8.01. The van der Waals surface area contributed by atoms with Crippen LogP contribution >= 0.6 is 11.3 Å². The summed E-state index contributed by atoms with van der Waals surface area (Å²) in [6.45, 7) is 4.40.